The van der Waals surface area contributed by atoms with Gasteiger partial charge < -0.3 is 5.32 Å². The lowest BCUT2D eigenvalue weighted by atomic mass is 10.0. The second-order valence-corrected chi connectivity index (χ2v) is 6.62. The molecule has 1 aromatic carbocycles. The number of hydrogen-bond donors (Lipinski definition) is 1. The standard InChI is InChI=1S/C16H19NS/c1-2-11-8-15-13(6-7-17-14-4-5-14)10-18-16(15)9-12(11)3-1/h8-10,14,17H,1-7H2. The highest BCUT2D eigenvalue weighted by molar-refractivity contribution is 7.17. The molecule has 0 saturated heterocycles. The molecule has 2 aliphatic rings. The van der Waals surface area contributed by atoms with Crippen LogP contribution in [0.4, 0.5) is 0 Å². The van der Waals surface area contributed by atoms with Crippen molar-refractivity contribution in [2.45, 2.75) is 44.6 Å². The zero-order chi connectivity index (χ0) is 11.9. The van der Waals surface area contributed by atoms with Gasteiger partial charge in [-0.25, -0.2) is 0 Å². The van der Waals surface area contributed by atoms with Gasteiger partial charge in [-0.1, -0.05) is 0 Å². The topological polar surface area (TPSA) is 12.0 Å². The van der Waals surface area contributed by atoms with E-state index in [0.717, 1.165) is 12.6 Å². The Balaban J connectivity index is 1.60. The van der Waals surface area contributed by atoms with Crippen LogP contribution in [0, 0.1) is 0 Å². The third-order valence-corrected chi connectivity index (χ3v) is 5.27. The summed E-state index contributed by atoms with van der Waals surface area (Å²) < 4.78 is 1.50. The SMILES string of the molecule is c1sc2cc3c(cc2c1CCNC1CC1)CCC3. The Bertz CT molecular complexity index is 580. The molecule has 18 heavy (non-hydrogen) atoms. The number of aryl methyl sites for hydroxylation is 2. The molecule has 1 heterocycles. The van der Waals surface area contributed by atoms with E-state index >= 15 is 0 Å². The van der Waals surface area contributed by atoms with E-state index in [9.17, 15) is 0 Å². The maximum atomic E-state index is 3.62. The average molecular weight is 257 g/mol. The van der Waals surface area contributed by atoms with Crippen molar-refractivity contribution >= 4 is 21.4 Å². The first kappa shape index (κ1) is 11.0. The van der Waals surface area contributed by atoms with E-state index in [2.05, 4.69) is 22.8 Å². The van der Waals surface area contributed by atoms with Gasteiger partial charge in [-0.15, -0.1) is 11.3 Å². The summed E-state index contributed by atoms with van der Waals surface area (Å²) in [5.74, 6) is 0. The first-order chi connectivity index (χ1) is 8.90. The van der Waals surface area contributed by atoms with Crippen LogP contribution in [0.25, 0.3) is 10.1 Å². The first-order valence-electron chi connectivity index (χ1n) is 7.15. The fraction of sp³-hybridized carbons (Fsp3) is 0.500. The molecule has 1 aromatic heterocycles. The predicted octanol–water partition coefficient (Wildman–Crippen LogP) is 3.68. The van der Waals surface area contributed by atoms with E-state index in [-0.39, 0.29) is 0 Å². The highest BCUT2D eigenvalue weighted by Gasteiger charge is 2.20. The highest BCUT2D eigenvalue weighted by Crippen LogP contribution is 2.33. The molecule has 1 nitrogen and oxygen atoms in total. The van der Waals surface area contributed by atoms with Crippen molar-refractivity contribution in [3.05, 3.63) is 34.2 Å². The van der Waals surface area contributed by atoms with Gasteiger partial charge in [0.25, 0.3) is 0 Å². The number of fused-ring (bicyclic) bond motifs is 2. The Morgan fingerprint density at radius 3 is 2.83 bits per heavy atom. The summed E-state index contributed by atoms with van der Waals surface area (Å²) in [6.07, 6.45) is 7.90. The molecule has 2 aromatic rings. The van der Waals surface area contributed by atoms with Crippen LogP contribution in [0.5, 0.6) is 0 Å². The molecular formula is C16H19NS. The van der Waals surface area contributed by atoms with Gasteiger partial charge in [0, 0.05) is 10.7 Å². The van der Waals surface area contributed by atoms with Gasteiger partial charge >= 0.3 is 0 Å². The van der Waals surface area contributed by atoms with Gasteiger partial charge in [-0.3, -0.25) is 0 Å². The molecule has 94 valence electrons. The van der Waals surface area contributed by atoms with Gasteiger partial charge in [0.1, 0.15) is 0 Å². The largest absolute Gasteiger partial charge is 0.314 e. The molecule has 0 unspecified atom stereocenters. The molecule has 0 atom stereocenters. The van der Waals surface area contributed by atoms with Crippen molar-refractivity contribution < 1.29 is 0 Å². The summed E-state index contributed by atoms with van der Waals surface area (Å²) in [4.78, 5) is 0. The summed E-state index contributed by atoms with van der Waals surface area (Å²) in [5.41, 5.74) is 4.77. The zero-order valence-corrected chi connectivity index (χ0v) is 11.5. The lowest BCUT2D eigenvalue weighted by Gasteiger charge is -2.04. The highest BCUT2D eigenvalue weighted by atomic mass is 32.1. The third kappa shape index (κ3) is 1.98. The number of rotatable bonds is 4. The van der Waals surface area contributed by atoms with Crippen molar-refractivity contribution in [3.8, 4) is 0 Å². The van der Waals surface area contributed by atoms with E-state index in [0.29, 0.717) is 0 Å². The predicted molar refractivity (Wildman–Crippen MR) is 78.6 cm³/mol. The van der Waals surface area contributed by atoms with Crippen LogP contribution in [-0.4, -0.2) is 12.6 Å². The molecule has 0 radical (unpaired) electrons. The van der Waals surface area contributed by atoms with Gasteiger partial charge in [-0.2, -0.15) is 0 Å². The van der Waals surface area contributed by atoms with Crippen LogP contribution in [0.15, 0.2) is 17.5 Å². The molecule has 1 N–H and O–H groups in total. The van der Waals surface area contributed by atoms with Crippen LogP contribution in [0.2, 0.25) is 0 Å². The molecule has 0 aliphatic heterocycles. The van der Waals surface area contributed by atoms with Crippen molar-refractivity contribution in [3.63, 3.8) is 0 Å². The first-order valence-corrected chi connectivity index (χ1v) is 8.03. The summed E-state index contributed by atoms with van der Waals surface area (Å²) in [6.45, 7) is 1.15. The van der Waals surface area contributed by atoms with E-state index in [1.165, 1.54) is 48.6 Å². The molecule has 1 fully saturated rings. The molecular weight excluding hydrogens is 238 g/mol. The number of hydrogen-bond acceptors (Lipinski definition) is 2. The van der Waals surface area contributed by atoms with Gasteiger partial charge in [0.2, 0.25) is 0 Å². The molecule has 2 heteroatoms. The Morgan fingerprint density at radius 2 is 2.00 bits per heavy atom. The Hall–Kier alpha value is -0.860. The number of nitrogens with one attached hydrogen (secondary N) is 1. The maximum Gasteiger partial charge on any atom is 0.0348 e. The summed E-state index contributed by atoms with van der Waals surface area (Å²) in [5, 5.41) is 7.51. The van der Waals surface area contributed by atoms with Gasteiger partial charge in [-0.05, 0) is 84.7 Å². The molecule has 0 bridgehead atoms. The van der Waals surface area contributed by atoms with Crippen molar-refractivity contribution in [2.75, 3.05) is 6.54 Å². The fourth-order valence-corrected chi connectivity index (χ4v) is 4.08. The summed E-state index contributed by atoms with van der Waals surface area (Å²) in [7, 11) is 0. The van der Waals surface area contributed by atoms with Crippen LogP contribution in [0.3, 0.4) is 0 Å². The van der Waals surface area contributed by atoms with Crippen LogP contribution >= 0.6 is 11.3 Å². The molecule has 0 spiro atoms. The lowest BCUT2D eigenvalue weighted by Crippen LogP contribution is -2.19. The molecule has 4 rings (SSSR count). The quantitative estimate of drug-likeness (QED) is 0.881. The number of benzene rings is 1. The van der Waals surface area contributed by atoms with Crippen molar-refractivity contribution in [2.24, 2.45) is 0 Å². The Morgan fingerprint density at radius 1 is 1.17 bits per heavy atom. The van der Waals surface area contributed by atoms with Crippen molar-refractivity contribution in [1.82, 2.24) is 5.32 Å². The lowest BCUT2D eigenvalue weighted by molar-refractivity contribution is 0.684. The molecule has 1 saturated carbocycles. The normalized spacial score (nSPS) is 18.4. The van der Waals surface area contributed by atoms with Gasteiger partial charge in [0.15, 0.2) is 0 Å². The van der Waals surface area contributed by atoms with E-state index < -0.39 is 0 Å². The van der Waals surface area contributed by atoms with Crippen molar-refractivity contribution in [1.29, 1.82) is 0 Å². The number of thiophene rings is 1. The van der Waals surface area contributed by atoms with Crippen LogP contribution in [0.1, 0.15) is 36.0 Å². The maximum absolute atomic E-state index is 3.62. The van der Waals surface area contributed by atoms with E-state index in [1.54, 1.807) is 16.7 Å². The monoisotopic (exact) mass is 257 g/mol. The Kier molecular flexibility index (Phi) is 2.66. The fourth-order valence-electron chi connectivity index (χ4n) is 3.04. The average Bonchev–Trinajstić information content (AvgIpc) is 2.95. The molecule has 2 aliphatic carbocycles. The second-order valence-electron chi connectivity index (χ2n) is 5.71. The molecule has 0 amide bonds. The minimum absolute atomic E-state index is 0.833. The van der Waals surface area contributed by atoms with Crippen LogP contribution in [-0.2, 0) is 19.3 Å². The minimum atomic E-state index is 0.833. The summed E-state index contributed by atoms with van der Waals surface area (Å²) in [6, 6.07) is 5.75. The summed E-state index contributed by atoms with van der Waals surface area (Å²) >= 11 is 1.93. The minimum Gasteiger partial charge on any atom is -0.314 e. The van der Waals surface area contributed by atoms with E-state index in [4.69, 9.17) is 0 Å². The van der Waals surface area contributed by atoms with E-state index in [1.807, 2.05) is 11.3 Å². The van der Waals surface area contributed by atoms with Crippen LogP contribution < -0.4 is 5.32 Å². The smallest absolute Gasteiger partial charge is 0.0348 e. The third-order valence-electron chi connectivity index (χ3n) is 4.27. The van der Waals surface area contributed by atoms with Gasteiger partial charge in [0.05, 0.1) is 0 Å². The second kappa shape index (κ2) is 4.36. The Labute approximate surface area is 112 Å². The zero-order valence-electron chi connectivity index (χ0n) is 10.7.